The molecule has 2 aliphatic rings. The van der Waals surface area contributed by atoms with Crippen LogP contribution in [-0.2, 0) is 10.3 Å². The Morgan fingerprint density at radius 3 is 2.57 bits per heavy atom. The Balaban J connectivity index is 1.53. The zero-order valence-electron chi connectivity index (χ0n) is 19.4. The highest BCUT2D eigenvalue weighted by Crippen LogP contribution is 2.43. The lowest BCUT2D eigenvalue weighted by atomic mass is 9.82. The maximum absolute atomic E-state index is 15.1. The summed E-state index contributed by atoms with van der Waals surface area (Å²) < 4.78 is 22.2. The number of carbonyl (C=O) groups excluding carboxylic acids is 1. The number of rotatable bonds is 4. The average molecular weight is 520 g/mol. The first-order valence-corrected chi connectivity index (χ1v) is 12.0. The molecule has 5 rings (SSSR count). The van der Waals surface area contributed by atoms with Gasteiger partial charge in [0.15, 0.2) is 5.52 Å². The van der Waals surface area contributed by atoms with Crippen molar-refractivity contribution in [1.82, 2.24) is 19.4 Å². The van der Waals surface area contributed by atoms with E-state index in [1.165, 1.54) is 17.0 Å². The second kappa shape index (κ2) is 8.34. The molecule has 184 valence electrons. The lowest BCUT2D eigenvalue weighted by Gasteiger charge is -2.51. The number of ether oxygens (including phenoxy) is 1. The summed E-state index contributed by atoms with van der Waals surface area (Å²) in [5, 5.41) is 3.46. The van der Waals surface area contributed by atoms with Crippen LogP contribution < -0.4 is 10.9 Å². The number of anilines is 1. The summed E-state index contributed by atoms with van der Waals surface area (Å²) in [6.45, 7) is 5.41. The maximum atomic E-state index is 15.1. The van der Waals surface area contributed by atoms with E-state index < -0.39 is 23.1 Å². The van der Waals surface area contributed by atoms with E-state index in [1.807, 2.05) is 0 Å². The van der Waals surface area contributed by atoms with Crippen LogP contribution in [0.25, 0.3) is 11.0 Å². The van der Waals surface area contributed by atoms with Crippen molar-refractivity contribution < 1.29 is 13.9 Å². The normalized spacial score (nSPS) is 17.3. The predicted molar refractivity (Wildman–Crippen MR) is 132 cm³/mol. The molecule has 0 unspecified atom stereocenters. The van der Waals surface area contributed by atoms with Crippen molar-refractivity contribution in [3.63, 3.8) is 0 Å². The second-order valence-corrected chi connectivity index (χ2v) is 10.8. The van der Waals surface area contributed by atoms with Crippen LogP contribution in [0.1, 0.15) is 45.2 Å². The zero-order valence-corrected chi connectivity index (χ0v) is 21.0. The van der Waals surface area contributed by atoms with Gasteiger partial charge in [-0.2, -0.15) is 0 Å². The number of fused-ring (bicyclic) bond motifs is 1. The highest BCUT2D eigenvalue weighted by Gasteiger charge is 2.51. The minimum absolute atomic E-state index is 0.0431. The number of hydrogen-bond donors (Lipinski definition) is 1. The fourth-order valence-electron chi connectivity index (χ4n) is 4.27. The molecule has 1 N–H and O–H groups in total. The Hall–Kier alpha value is -2.91. The first-order chi connectivity index (χ1) is 16.5. The Morgan fingerprint density at radius 2 is 1.91 bits per heavy atom. The number of nitrogens with zero attached hydrogens (tertiary/aromatic N) is 4. The third kappa shape index (κ3) is 4.43. The van der Waals surface area contributed by atoms with Gasteiger partial charge in [0.05, 0.1) is 35.0 Å². The molecular weight excluding hydrogens is 496 g/mol. The second-order valence-electron chi connectivity index (χ2n) is 10.0. The number of halogens is 3. The summed E-state index contributed by atoms with van der Waals surface area (Å²) >= 11 is 12.7. The average Bonchev–Trinajstić information content (AvgIpc) is 3.58. The van der Waals surface area contributed by atoms with Gasteiger partial charge in [-0.05, 0) is 57.9 Å². The molecule has 0 spiro atoms. The van der Waals surface area contributed by atoms with E-state index in [9.17, 15) is 9.59 Å². The molecule has 35 heavy (non-hydrogen) atoms. The van der Waals surface area contributed by atoms with Gasteiger partial charge in [0.1, 0.15) is 22.8 Å². The van der Waals surface area contributed by atoms with Crippen LogP contribution in [0.3, 0.4) is 0 Å². The van der Waals surface area contributed by atoms with Gasteiger partial charge in [-0.3, -0.25) is 9.36 Å². The standard InChI is InChI=1S/C24H24Cl2FN5O3/c1-23(2,3)35-22(34)31-10-24(11-31,18-15(27)7-6-14(25)19(18)26)30-17-9-8-16-20(29-17)21(33)32(12-28-16)13-4-5-13/h6-9,12-13H,4-5,10-11H2,1-3H3,(H,29,30). The third-order valence-electron chi connectivity index (χ3n) is 6.04. The number of nitrogens with one attached hydrogen (secondary N) is 1. The molecule has 0 radical (unpaired) electrons. The van der Waals surface area contributed by atoms with Crippen LogP contribution in [-0.4, -0.2) is 44.2 Å². The molecule has 1 amide bonds. The van der Waals surface area contributed by atoms with Gasteiger partial charge in [0, 0.05) is 11.6 Å². The van der Waals surface area contributed by atoms with Crippen LogP contribution in [0.5, 0.6) is 0 Å². The monoisotopic (exact) mass is 519 g/mol. The lowest BCUT2D eigenvalue weighted by Crippen LogP contribution is -2.66. The lowest BCUT2D eigenvalue weighted by molar-refractivity contribution is -0.00541. The highest BCUT2D eigenvalue weighted by atomic mass is 35.5. The van der Waals surface area contributed by atoms with Gasteiger partial charge in [-0.1, -0.05) is 23.2 Å². The van der Waals surface area contributed by atoms with Crippen LogP contribution in [0.4, 0.5) is 15.0 Å². The van der Waals surface area contributed by atoms with Crippen molar-refractivity contribution in [2.45, 2.75) is 50.8 Å². The maximum Gasteiger partial charge on any atom is 0.410 e. The molecule has 11 heteroatoms. The third-order valence-corrected chi connectivity index (χ3v) is 6.84. The Kier molecular flexibility index (Phi) is 5.68. The van der Waals surface area contributed by atoms with E-state index in [2.05, 4.69) is 15.3 Å². The molecule has 2 aromatic heterocycles. The van der Waals surface area contributed by atoms with E-state index in [0.29, 0.717) is 11.3 Å². The first-order valence-electron chi connectivity index (χ1n) is 11.3. The van der Waals surface area contributed by atoms with Gasteiger partial charge in [0.2, 0.25) is 0 Å². The molecule has 8 nitrogen and oxygen atoms in total. The van der Waals surface area contributed by atoms with Crippen molar-refractivity contribution in [3.8, 4) is 0 Å². The molecule has 1 aliphatic carbocycles. The Labute approximate surface area is 211 Å². The van der Waals surface area contributed by atoms with Crippen molar-refractivity contribution in [2.75, 3.05) is 18.4 Å². The van der Waals surface area contributed by atoms with Crippen molar-refractivity contribution in [1.29, 1.82) is 0 Å². The molecule has 0 atom stereocenters. The minimum Gasteiger partial charge on any atom is -0.444 e. The van der Waals surface area contributed by atoms with E-state index in [-0.39, 0.29) is 45.8 Å². The molecule has 2 fully saturated rings. The zero-order chi connectivity index (χ0) is 25.1. The number of likely N-dealkylation sites (tertiary alicyclic amines) is 1. The van der Waals surface area contributed by atoms with Crippen molar-refractivity contribution in [3.05, 3.63) is 62.4 Å². The smallest absolute Gasteiger partial charge is 0.410 e. The number of benzene rings is 1. The molecule has 1 saturated heterocycles. The molecule has 1 aromatic carbocycles. The fraction of sp³-hybridized carbons (Fsp3) is 0.417. The molecule has 3 aromatic rings. The van der Waals surface area contributed by atoms with Gasteiger partial charge in [0.25, 0.3) is 5.56 Å². The summed E-state index contributed by atoms with van der Waals surface area (Å²) in [5.41, 5.74) is -1.26. The number of pyridine rings is 1. The Bertz CT molecular complexity index is 1390. The summed E-state index contributed by atoms with van der Waals surface area (Å²) in [6, 6.07) is 6.09. The summed E-state index contributed by atoms with van der Waals surface area (Å²) in [6.07, 6.45) is 2.88. The van der Waals surface area contributed by atoms with Crippen LogP contribution in [0.2, 0.25) is 10.0 Å². The molecule has 1 aliphatic heterocycles. The molecule has 1 saturated carbocycles. The quantitative estimate of drug-likeness (QED) is 0.480. The van der Waals surface area contributed by atoms with Gasteiger partial charge in [-0.15, -0.1) is 0 Å². The minimum atomic E-state index is -1.14. The number of aromatic nitrogens is 3. The van der Waals surface area contributed by atoms with Crippen LogP contribution in [0, 0.1) is 5.82 Å². The summed E-state index contributed by atoms with van der Waals surface area (Å²) in [7, 11) is 0. The van der Waals surface area contributed by atoms with Gasteiger partial charge >= 0.3 is 6.09 Å². The largest absolute Gasteiger partial charge is 0.444 e. The first kappa shape index (κ1) is 23.8. The predicted octanol–water partition coefficient (Wildman–Crippen LogP) is 5.13. The van der Waals surface area contributed by atoms with Crippen LogP contribution in [0.15, 0.2) is 35.4 Å². The molecular formula is C24H24Cl2FN5O3. The fourth-order valence-corrected chi connectivity index (χ4v) is 4.76. The van der Waals surface area contributed by atoms with Gasteiger partial charge in [-0.25, -0.2) is 19.2 Å². The van der Waals surface area contributed by atoms with E-state index >= 15 is 4.39 Å². The highest BCUT2D eigenvalue weighted by molar-refractivity contribution is 6.42. The SMILES string of the molecule is CC(C)(C)OC(=O)N1CC(Nc2ccc3ncn(C4CC4)c(=O)c3n2)(c2c(F)ccc(Cl)c2Cl)C1. The number of carbonyl (C=O) groups is 1. The van der Waals surface area contributed by atoms with Crippen molar-refractivity contribution >= 4 is 46.1 Å². The van der Waals surface area contributed by atoms with Gasteiger partial charge < -0.3 is 15.0 Å². The topological polar surface area (TPSA) is 89.4 Å². The Morgan fingerprint density at radius 1 is 1.20 bits per heavy atom. The summed E-state index contributed by atoms with van der Waals surface area (Å²) in [5.74, 6) is -0.251. The van der Waals surface area contributed by atoms with Crippen molar-refractivity contribution in [2.24, 2.45) is 0 Å². The summed E-state index contributed by atoms with van der Waals surface area (Å²) in [4.78, 5) is 35.9. The van der Waals surface area contributed by atoms with E-state index in [0.717, 1.165) is 12.8 Å². The van der Waals surface area contributed by atoms with E-state index in [1.54, 1.807) is 43.8 Å². The van der Waals surface area contributed by atoms with Crippen LogP contribution >= 0.6 is 23.2 Å². The van der Waals surface area contributed by atoms with E-state index in [4.69, 9.17) is 27.9 Å². The molecule has 3 heterocycles. The number of amides is 1. The number of hydrogen-bond acceptors (Lipinski definition) is 6. The molecule has 0 bridgehead atoms.